The van der Waals surface area contributed by atoms with Crippen LogP contribution in [0.15, 0.2) is 30.5 Å². The van der Waals surface area contributed by atoms with Crippen LogP contribution in [0.3, 0.4) is 0 Å². The van der Waals surface area contributed by atoms with Crippen molar-refractivity contribution in [3.63, 3.8) is 0 Å². The Morgan fingerprint density at radius 1 is 1.26 bits per heavy atom. The number of rotatable bonds is 2. The van der Waals surface area contributed by atoms with E-state index >= 15 is 0 Å². The highest BCUT2D eigenvalue weighted by Gasteiger charge is 2.45. The highest BCUT2D eigenvalue weighted by atomic mass is 16.6. The summed E-state index contributed by atoms with van der Waals surface area (Å²) in [5, 5.41) is 12.3. The van der Waals surface area contributed by atoms with Crippen LogP contribution >= 0.6 is 0 Å². The fourth-order valence-electron chi connectivity index (χ4n) is 4.22. The van der Waals surface area contributed by atoms with Crippen LogP contribution in [0, 0.1) is 10.1 Å². The number of anilines is 1. The second kappa shape index (κ2) is 5.16. The summed E-state index contributed by atoms with van der Waals surface area (Å²) in [7, 11) is 2.18. The van der Waals surface area contributed by atoms with Crippen molar-refractivity contribution in [2.45, 2.75) is 24.8 Å². The Labute approximate surface area is 134 Å². The lowest BCUT2D eigenvalue weighted by Gasteiger charge is -2.32. The molecule has 2 aliphatic rings. The highest BCUT2D eigenvalue weighted by Crippen LogP contribution is 2.42. The van der Waals surface area contributed by atoms with E-state index in [1.54, 1.807) is 18.3 Å². The molecule has 2 saturated heterocycles. The predicted octanol–water partition coefficient (Wildman–Crippen LogP) is 2.82. The number of nitrogens with zero attached hydrogens (tertiary/aromatic N) is 4. The van der Waals surface area contributed by atoms with Crippen LogP contribution in [-0.4, -0.2) is 47.0 Å². The summed E-state index contributed by atoms with van der Waals surface area (Å²) in [5.41, 5.74) is 1.79. The van der Waals surface area contributed by atoms with Gasteiger partial charge >= 0.3 is 5.69 Å². The molecule has 0 radical (unpaired) electrons. The predicted molar refractivity (Wildman–Crippen MR) is 89.8 cm³/mol. The summed E-state index contributed by atoms with van der Waals surface area (Å²) in [5.74, 6) is 0. The molecule has 6 nitrogen and oxygen atoms in total. The molecule has 6 heteroatoms. The maximum atomic E-state index is 11.7. The van der Waals surface area contributed by atoms with E-state index in [2.05, 4.69) is 21.8 Å². The summed E-state index contributed by atoms with van der Waals surface area (Å²) in [6, 6.07) is 7.30. The second-order valence-electron chi connectivity index (χ2n) is 6.68. The molecule has 1 spiro atoms. The SMILES string of the molecule is CN1CCCC12CCN(c1ccc3ncccc3c1[N+](=O)[O-])C2. The van der Waals surface area contributed by atoms with Gasteiger partial charge in [-0.1, -0.05) is 0 Å². The molecule has 1 atom stereocenters. The molecule has 1 aromatic carbocycles. The number of hydrogen-bond donors (Lipinski definition) is 0. The Morgan fingerprint density at radius 2 is 2.13 bits per heavy atom. The molecule has 1 aromatic heterocycles. The number of likely N-dealkylation sites (tertiary alicyclic amines) is 1. The topological polar surface area (TPSA) is 62.5 Å². The van der Waals surface area contributed by atoms with Crippen molar-refractivity contribution in [1.82, 2.24) is 9.88 Å². The Kier molecular flexibility index (Phi) is 3.23. The molecule has 1 unspecified atom stereocenters. The minimum atomic E-state index is -0.261. The van der Waals surface area contributed by atoms with E-state index in [4.69, 9.17) is 0 Å². The third-order valence-electron chi connectivity index (χ3n) is 5.54. The summed E-state index contributed by atoms with van der Waals surface area (Å²) >= 11 is 0. The van der Waals surface area contributed by atoms with Crippen molar-refractivity contribution in [2.24, 2.45) is 0 Å². The highest BCUT2D eigenvalue weighted by molar-refractivity contribution is 5.94. The molecule has 0 amide bonds. The normalized spacial score (nSPS) is 24.8. The monoisotopic (exact) mass is 312 g/mol. The van der Waals surface area contributed by atoms with Gasteiger partial charge in [0.15, 0.2) is 0 Å². The number of hydrogen-bond acceptors (Lipinski definition) is 5. The van der Waals surface area contributed by atoms with Gasteiger partial charge in [0, 0.05) is 24.8 Å². The van der Waals surface area contributed by atoms with Gasteiger partial charge in [-0.3, -0.25) is 20.0 Å². The number of nitro benzene ring substituents is 1. The van der Waals surface area contributed by atoms with Gasteiger partial charge in [-0.15, -0.1) is 0 Å². The molecular formula is C17H20N4O2. The van der Waals surface area contributed by atoms with Gasteiger partial charge in [0.05, 0.1) is 15.8 Å². The van der Waals surface area contributed by atoms with Crippen LogP contribution in [-0.2, 0) is 0 Å². The molecule has 2 aliphatic heterocycles. The number of aromatic nitrogens is 1. The largest absolute Gasteiger partial charge is 0.364 e. The average molecular weight is 312 g/mol. The zero-order valence-electron chi connectivity index (χ0n) is 13.2. The van der Waals surface area contributed by atoms with Gasteiger partial charge < -0.3 is 4.90 Å². The van der Waals surface area contributed by atoms with Crippen molar-refractivity contribution in [2.75, 3.05) is 31.6 Å². The van der Waals surface area contributed by atoms with Crippen molar-refractivity contribution in [3.8, 4) is 0 Å². The van der Waals surface area contributed by atoms with Gasteiger partial charge in [0.25, 0.3) is 0 Å². The Balaban J connectivity index is 1.78. The zero-order chi connectivity index (χ0) is 16.0. The van der Waals surface area contributed by atoms with Crippen molar-refractivity contribution < 1.29 is 4.92 Å². The van der Waals surface area contributed by atoms with Gasteiger partial charge in [-0.2, -0.15) is 0 Å². The number of pyridine rings is 1. The smallest absolute Gasteiger partial charge is 0.301 e. The lowest BCUT2D eigenvalue weighted by Crippen LogP contribution is -2.43. The number of nitro groups is 1. The number of fused-ring (bicyclic) bond motifs is 1. The van der Waals surface area contributed by atoms with E-state index in [0.717, 1.165) is 31.7 Å². The van der Waals surface area contributed by atoms with Crippen molar-refractivity contribution in [3.05, 3.63) is 40.6 Å². The first-order chi connectivity index (χ1) is 11.1. The first kappa shape index (κ1) is 14.4. The summed E-state index contributed by atoms with van der Waals surface area (Å²) < 4.78 is 0. The molecule has 2 fully saturated rings. The van der Waals surface area contributed by atoms with Crippen LogP contribution in [0.4, 0.5) is 11.4 Å². The molecule has 3 heterocycles. The van der Waals surface area contributed by atoms with Crippen molar-refractivity contribution >= 4 is 22.3 Å². The van der Waals surface area contributed by atoms with Gasteiger partial charge in [-0.05, 0) is 57.1 Å². The third-order valence-corrected chi connectivity index (χ3v) is 5.54. The van der Waals surface area contributed by atoms with E-state index in [1.165, 1.54) is 12.8 Å². The van der Waals surface area contributed by atoms with E-state index in [0.29, 0.717) is 10.9 Å². The molecule has 0 saturated carbocycles. The molecule has 23 heavy (non-hydrogen) atoms. The van der Waals surface area contributed by atoms with Crippen molar-refractivity contribution in [1.29, 1.82) is 0 Å². The lowest BCUT2D eigenvalue weighted by molar-refractivity contribution is -0.382. The van der Waals surface area contributed by atoms with Gasteiger partial charge in [-0.25, -0.2) is 0 Å². The van der Waals surface area contributed by atoms with Crippen LogP contribution < -0.4 is 4.90 Å². The third kappa shape index (κ3) is 2.16. The molecular weight excluding hydrogens is 292 g/mol. The Hall–Kier alpha value is -2.21. The van der Waals surface area contributed by atoms with E-state index in [9.17, 15) is 10.1 Å². The maximum Gasteiger partial charge on any atom is 0.301 e. The number of likely N-dealkylation sites (N-methyl/N-ethyl adjacent to an activating group) is 1. The second-order valence-corrected chi connectivity index (χ2v) is 6.68. The fourth-order valence-corrected chi connectivity index (χ4v) is 4.22. The van der Waals surface area contributed by atoms with E-state index in [1.807, 2.05) is 12.1 Å². The molecule has 0 N–H and O–H groups in total. The molecule has 0 aliphatic carbocycles. The van der Waals surface area contributed by atoms with Gasteiger partial charge in [0.1, 0.15) is 5.69 Å². The molecule has 0 bridgehead atoms. The van der Waals surface area contributed by atoms with E-state index < -0.39 is 0 Å². The first-order valence-electron chi connectivity index (χ1n) is 8.09. The Morgan fingerprint density at radius 3 is 2.87 bits per heavy atom. The lowest BCUT2D eigenvalue weighted by atomic mass is 9.96. The molecule has 120 valence electrons. The quantitative estimate of drug-likeness (QED) is 0.630. The summed E-state index contributed by atoms with van der Waals surface area (Å²) in [6.07, 6.45) is 5.15. The minimum Gasteiger partial charge on any atom is -0.364 e. The van der Waals surface area contributed by atoms with Gasteiger partial charge in [0.2, 0.25) is 0 Å². The molecule has 4 rings (SSSR count). The van der Waals surface area contributed by atoms with Crippen LogP contribution in [0.2, 0.25) is 0 Å². The van der Waals surface area contributed by atoms with Crippen LogP contribution in [0.5, 0.6) is 0 Å². The van der Waals surface area contributed by atoms with Crippen LogP contribution in [0.25, 0.3) is 10.9 Å². The zero-order valence-corrected chi connectivity index (χ0v) is 13.2. The average Bonchev–Trinajstić information content (AvgIpc) is 3.14. The van der Waals surface area contributed by atoms with Crippen LogP contribution in [0.1, 0.15) is 19.3 Å². The van der Waals surface area contributed by atoms with E-state index in [-0.39, 0.29) is 16.1 Å². The minimum absolute atomic E-state index is 0.188. The standard InChI is InChI=1S/C17H20N4O2/c1-19-10-3-7-17(19)8-11-20(12-17)15-6-5-14-13(4-2-9-18-14)16(15)21(22)23/h2,4-6,9H,3,7-8,10-12H2,1H3. The maximum absolute atomic E-state index is 11.7. The fraction of sp³-hybridized carbons (Fsp3) is 0.471. The summed E-state index contributed by atoms with van der Waals surface area (Å²) in [4.78, 5) is 20.3. The summed E-state index contributed by atoms with van der Waals surface area (Å²) in [6.45, 7) is 2.87. The first-order valence-corrected chi connectivity index (χ1v) is 8.09. The molecule has 2 aromatic rings. The Bertz CT molecular complexity index is 778. The number of benzene rings is 1.